The molecule has 2 heteroatoms. The summed E-state index contributed by atoms with van der Waals surface area (Å²) < 4.78 is 0. The van der Waals surface area contributed by atoms with Gasteiger partial charge in [-0.1, -0.05) is 66.7 Å². The summed E-state index contributed by atoms with van der Waals surface area (Å²) in [5.41, 5.74) is 3.24. The van der Waals surface area contributed by atoms with Gasteiger partial charge in [-0.2, -0.15) is 0 Å². The smallest absolute Gasteiger partial charge is 0.267 e. The second-order valence-corrected chi connectivity index (χ2v) is 4.46. The Labute approximate surface area is 117 Å². The first-order chi connectivity index (χ1) is 9.86. The number of nitrogens with zero attached hydrogens (tertiary/aromatic N) is 1. The molecule has 2 aromatic carbocycles. The van der Waals surface area contributed by atoms with Gasteiger partial charge < -0.3 is 0 Å². The minimum atomic E-state index is -0.208. The number of hydrogen-bond acceptors (Lipinski definition) is 2. The average Bonchev–Trinajstić information content (AvgIpc) is 2.71. The molecule has 0 radical (unpaired) electrons. The Hall–Kier alpha value is -2.74. The van der Waals surface area contributed by atoms with Crippen LogP contribution < -0.4 is 5.56 Å². The van der Waals surface area contributed by atoms with Gasteiger partial charge in [0.15, 0.2) is 0 Å². The fourth-order valence-electron chi connectivity index (χ4n) is 2.26. The van der Waals surface area contributed by atoms with E-state index in [4.69, 9.17) is 0 Å². The van der Waals surface area contributed by atoms with Crippen molar-refractivity contribution in [2.45, 2.75) is 0 Å². The van der Waals surface area contributed by atoms with E-state index in [1.54, 1.807) is 12.3 Å². The van der Waals surface area contributed by atoms with Gasteiger partial charge in [0.2, 0.25) is 0 Å². The van der Waals surface area contributed by atoms with E-state index < -0.39 is 0 Å². The molecule has 0 aliphatic carbocycles. The molecule has 3 aromatic rings. The second-order valence-electron chi connectivity index (χ2n) is 4.46. The van der Waals surface area contributed by atoms with Gasteiger partial charge >= 0.3 is 0 Å². The van der Waals surface area contributed by atoms with Gasteiger partial charge in [-0.3, -0.25) is 4.79 Å². The zero-order valence-corrected chi connectivity index (χ0v) is 10.9. The highest BCUT2D eigenvalue weighted by Crippen LogP contribution is 2.28. The van der Waals surface area contributed by atoms with Crippen molar-refractivity contribution in [1.29, 1.82) is 0 Å². The third-order valence-corrected chi connectivity index (χ3v) is 3.17. The molecule has 0 N–H and O–H groups in total. The third kappa shape index (κ3) is 2.36. The van der Waals surface area contributed by atoms with Crippen LogP contribution in [0.1, 0.15) is 0 Å². The lowest BCUT2D eigenvalue weighted by Crippen LogP contribution is -2.06. The molecule has 3 rings (SSSR count). The molecule has 0 saturated carbocycles. The van der Waals surface area contributed by atoms with Crippen molar-refractivity contribution in [1.82, 2.24) is 4.98 Å². The highest BCUT2D eigenvalue weighted by molar-refractivity contribution is 5.82. The minimum Gasteiger partial charge on any atom is -0.267 e. The lowest BCUT2D eigenvalue weighted by atomic mass is 9.97. The Balaban J connectivity index is 2.34. The highest BCUT2D eigenvalue weighted by Gasteiger charge is 2.10. The van der Waals surface area contributed by atoms with Gasteiger partial charge in [0.25, 0.3) is 5.56 Å². The molecule has 0 aliphatic rings. The van der Waals surface area contributed by atoms with E-state index in [-0.39, 0.29) is 5.56 Å². The van der Waals surface area contributed by atoms with E-state index in [0.29, 0.717) is 5.56 Å². The zero-order chi connectivity index (χ0) is 13.8. The summed E-state index contributed by atoms with van der Waals surface area (Å²) >= 11 is 0. The number of aromatic nitrogens is 1. The normalized spacial score (nSPS) is 10.2. The molecule has 0 saturated heterocycles. The molecule has 0 atom stereocenters. The van der Waals surface area contributed by atoms with Crippen LogP contribution in [0, 0.1) is 0 Å². The Morgan fingerprint density at radius 2 is 1.25 bits per heavy atom. The molecule has 2 nitrogen and oxygen atoms in total. The number of benzene rings is 2. The maximum Gasteiger partial charge on any atom is 0.278 e. The van der Waals surface area contributed by atoms with E-state index in [2.05, 4.69) is 4.98 Å². The van der Waals surface area contributed by atoms with Gasteiger partial charge in [-0.25, -0.2) is 4.98 Å². The van der Waals surface area contributed by atoms with Gasteiger partial charge in [-0.05, 0) is 22.8 Å². The Kier molecular flexibility index (Phi) is 3.38. The van der Waals surface area contributed by atoms with E-state index >= 15 is 0 Å². The summed E-state index contributed by atoms with van der Waals surface area (Å²) in [6.45, 7) is 0. The molecule has 1 heterocycles. The highest BCUT2D eigenvalue weighted by atomic mass is 16.1. The van der Waals surface area contributed by atoms with E-state index in [1.807, 2.05) is 66.7 Å². The fourth-order valence-corrected chi connectivity index (χ4v) is 2.26. The molecule has 20 heavy (non-hydrogen) atoms. The van der Waals surface area contributed by atoms with E-state index in [9.17, 15) is 4.79 Å². The summed E-state index contributed by atoms with van der Waals surface area (Å²) in [6, 6.07) is 23.3. The van der Waals surface area contributed by atoms with Gasteiger partial charge in [0, 0.05) is 6.20 Å². The monoisotopic (exact) mass is 259 g/mol. The average molecular weight is 259 g/mol. The molecule has 1 aromatic heterocycles. The van der Waals surface area contributed by atoms with Crippen molar-refractivity contribution in [3.63, 3.8) is 0 Å². The van der Waals surface area contributed by atoms with Crippen molar-refractivity contribution in [2.24, 2.45) is 0 Å². The number of rotatable bonds is 2. The van der Waals surface area contributed by atoms with Crippen molar-refractivity contribution in [3.05, 3.63) is 89.3 Å². The second kappa shape index (κ2) is 5.49. The maximum atomic E-state index is 12.3. The summed E-state index contributed by atoms with van der Waals surface area (Å²) in [7, 11) is 0. The van der Waals surface area contributed by atoms with Crippen LogP contribution in [0.5, 0.6) is 0 Å². The van der Waals surface area contributed by atoms with Crippen LogP contribution in [-0.4, -0.2) is 4.98 Å². The predicted octanol–water partition coefficient (Wildman–Crippen LogP) is 3.78. The maximum absolute atomic E-state index is 12.3. The molecule has 0 bridgehead atoms. The summed E-state index contributed by atoms with van der Waals surface area (Å²) in [4.78, 5) is 16.3. The molecular formula is C18H13NO. The molecule has 0 fully saturated rings. The lowest BCUT2D eigenvalue weighted by Gasteiger charge is -2.05. The van der Waals surface area contributed by atoms with Crippen LogP contribution in [0.4, 0.5) is 0 Å². The van der Waals surface area contributed by atoms with E-state index in [0.717, 1.165) is 16.7 Å². The predicted molar refractivity (Wildman–Crippen MR) is 81.4 cm³/mol. The first-order valence-electron chi connectivity index (χ1n) is 6.46. The largest absolute Gasteiger partial charge is 0.278 e. The van der Waals surface area contributed by atoms with Crippen molar-refractivity contribution in [3.8, 4) is 22.3 Å². The van der Waals surface area contributed by atoms with Crippen LogP contribution in [0.2, 0.25) is 0 Å². The Morgan fingerprint density at radius 1 is 0.650 bits per heavy atom. The molecule has 96 valence electrons. The van der Waals surface area contributed by atoms with Gasteiger partial charge in [-0.15, -0.1) is 0 Å². The first kappa shape index (κ1) is 12.3. The quantitative estimate of drug-likeness (QED) is 0.701. The number of hydrogen-bond donors (Lipinski definition) is 0. The Bertz CT molecular complexity index is 768. The van der Waals surface area contributed by atoms with Crippen molar-refractivity contribution < 1.29 is 0 Å². The van der Waals surface area contributed by atoms with Crippen LogP contribution >= 0.6 is 0 Å². The first-order valence-corrected chi connectivity index (χ1v) is 6.46. The fraction of sp³-hybridized carbons (Fsp3) is 0. The van der Waals surface area contributed by atoms with Crippen LogP contribution in [0.3, 0.4) is 0 Å². The van der Waals surface area contributed by atoms with Crippen molar-refractivity contribution >= 4 is 0 Å². The van der Waals surface area contributed by atoms with Crippen LogP contribution in [0.15, 0.2) is 83.8 Å². The SMILES string of the molecule is O=c1ncccc(-c2ccccc2)c1-c1ccccc1. The third-order valence-electron chi connectivity index (χ3n) is 3.17. The minimum absolute atomic E-state index is 0.208. The molecular weight excluding hydrogens is 246 g/mol. The van der Waals surface area contributed by atoms with Gasteiger partial charge in [0.1, 0.15) is 0 Å². The van der Waals surface area contributed by atoms with Crippen LogP contribution in [0.25, 0.3) is 22.3 Å². The topological polar surface area (TPSA) is 30.0 Å². The zero-order valence-electron chi connectivity index (χ0n) is 10.9. The standard InChI is InChI=1S/C18H13NO/c20-18-17(15-10-5-2-6-11-15)16(12-7-13-19-18)14-8-3-1-4-9-14/h1-13H. The lowest BCUT2D eigenvalue weighted by molar-refractivity contribution is 1.27. The molecule has 0 unspecified atom stereocenters. The summed E-state index contributed by atoms with van der Waals surface area (Å²) in [5, 5.41) is 0. The van der Waals surface area contributed by atoms with E-state index in [1.165, 1.54) is 0 Å². The molecule has 0 amide bonds. The summed E-state index contributed by atoms with van der Waals surface area (Å²) in [6.07, 6.45) is 1.54. The van der Waals surface area contributed by atoms with Crippen LogP contribution in [-0.2, 0) is 0 Å². The van der Waals surface area contributed by atoms with Crippen molar-refractivity contribution in [2.75, 3.05) is 0 Å². The summed E-state index contributed by atoms with van der Waals surface area (Å²) in [5.74, 6) is 0. The van der Waals surface area contributed by atoms with Gasteiger partial charge in [0.05, 0.1) is 5.56 Å². The molecule has 0 spiro atoms. The Morgan fingerprint density at radius 3 is 1.90 bits per heavy atom. The molecule has 0 aliphatic heterocycles.